The minimum absolute atomic E-state index is 0.0590. The molecule has 0 aliphatic heterocycles. The number of rotatable bonds is 4. The fourth-order valence-corrected chi connectivity index (χ4v) is 1.98. The minimum Gasteiger partial charge on any atom is -0.365 e. The van der Waals surface area contributed by atoms with E-state index >= 15 is 0 Å². The molecular formula is C10H10F3N5S. The number of alkyl halides is 3. The molecule has 0 atom stereocenters. The van der Waals surface area contributed by atoms with Crippen molar-refractivity contribution in [3.8, 4) is 0 Å². The monoisotopic (exact) mass is 289 g/mol. The van der Waals surface area contributed by atoms with Crippen LogP contribution >= 0.6 is 11.3 Å². The summed E-state index contributed by atoms with van der Waals surface area (Å²) in [7, 11) is 0. The van der Waals surface area contributed by atoms with Crippen LogP contribution in [-0.4, -0.2) is 9.97 Å². The zero-order valence-electron chi connectivity index (χ0n) is 9.53. The summed E-state index contributed by atoms with van der Waals surface area (Å²) in [5.74, 6) is 4.82. The number of hydrogen-bond donors (Lipinski definition) is 3. The molecule has 0 radical (unpaired) electrons. The van der Waals surface area contributed by atoms with Gasteiger partial charge in [0.1, 0.15) is 5.82 Å². The Morgan fingerprint density at radius 2 is 2.11 bits per heavy atom. The molecule has 2 rings (SSSR count). The number of thiophene rings is 1. The maximum atomic E-state index is 12.6. The number of anilines is 2. The molecule has 0 amide bonds. The third-order valence-electron chi connectivity index (χ3n) is 2.17. The van der Waals surface area contributed by atoms with Crippen molar-refractivity contribution >= 4 is 23.1 Å². The Balaban J connectivity index is 2.19. The van der Waals surface area contributed by atoms with Crippen LogP contribution in [0.1, 0.15) is 10.6 Å². The van der Waals surface area contributed by atoms with Crippen molar-refractivity contribution in [1.29, 1.82) is 0 Å². The Morgan fingerprint density at radius 3 is 2.68 bits per heavy atom. The highest BCUT2D eigenvalue weighted by Gasteiger charge is 2.33. The van der Waals surface area contributed by atoms with Gasteiger partial charge in [-0.2, -0.15) is 18.2 Å². The van der Waals surface area contributed by atoms with Crippen molar-refractivity contribution < 1.29 is 13.2 Å². The maximum absolute atomic E-state index is 12.6. The number of aromatic nitrogens is 2. The molecule has 0 aliphatic carbocycles. The highest BCUT2D eigenvalue weighted by molar-refractivity contribution is 7.09. The number of hydrazine groups is 1. The first-order valence-corrected chi connectivity index (χ1v) is 6.06. The molecule has 19 heavy (non-hydrogen) atoms. The van der Waals surface area contributed by atoms with E-state index in [9.17, 15) is 13.2 Å². The van der Waals surface area contributed by atoms with Crippen molar-refractivity contribution in [3.05, 3.63) is 34.2 Å². The molecule has 0 aliphatic rings. The molecule has 0 saturated carbocycles. The Hall–Kier alpha value is -1.87. The Kier molecular flexibility index (Phi) is 3.86. The van der Waals surface area contributed by atoms with E-state index in [0.717, 1.165) is 10.9 Å². The largest absolute Gasteiger partial charge is 0.433 e. The molecule has 102 valence electrons. The predicted octanol–water partition coefficient (Wildman–Crippen LogP) is 2.45. The van der Waals surface area contributed by atoms with Gasteiger partial charge in [0.05, 0.1) is 6.54 Å². The van der Waals surface area contributed by atoms with Crippen molar-refractivity contribution in [2.45, 2.75) is 12.7 Å². The van der Waals surface area contributed by atoms with Crippen LogP contribution in [0, 0.1) is 0 Å². The Bertz CT molecular complexity index is 541. The van der Waals surface area contributed by atoms with Crippen LogP contribution < -0.4 is 16.6 Å². The molecule has 0 spiro atoms. The smallest absolute Gasteiger partial charge is 0.365 e. The maximum Gasteiger partial charge on any atom is 0.433 e. The average molecular weight is 289 g/mol. The number of nitrogens with two attached hydrogens (primary N) is 1. The fourth-order valence-electron chi connectivity index (χ4n) is 1.34. The molecule has 0 bridgehead atoms. The average Bonchev–Trinajstić information content (AvgIpc) is 2.88. The van der Waals surface area contributed by atoms with Crippen molar-refractivity contribution in [1.82, 2.24) is 9.97 Å². The summed E-state index contributed by atoms with van der Waals surface area (Å²) >= 11 is 1.49. The first-order chi connectivity index (χ1) is 8.99. The highest BCUT2D eigenvalue weighted by atomic mass is 32.1. The number of halogens is 3. The summed E-state index contributed by atoms with van der Waals surface area (Å²) in [6.07, 6.45) is -4.55. The van der Waals surface area contributed by atoms with E-state index in [2.05, 4.69) is 15.3 Å². The second kappa shape index (κ2) is 5.41. The molecule has 0 aromatic carbocycles. The van der Waals surface area contributed by atoms with Crippen molar-refractivity contribution in [2.75, 3.05) is 10.7 Å². The summed E-state index contributed by atoms with van der Waals surface area (Å²) in [5.41, 5.74) is 0.962. The van der Waals surface area contributed by atoms with Gasteiger partial charge in [0.15, 0.2) is 5.69 Å². The number of nitrogens with zero attached hydrogens (tertiary/aromatic N) is 2. The third-order valence-corrected chi connectivity index (χ3v) is 3.05. The third kappa shape index (κ3) is 3.55. The zero-order chi connectivity index (χ0) is 13.9. The predicted molar refractivity (Wildman–Crippen MR) is 66.5 cm³/mol. The second-order valence-corrected chi connectivity index (χ2v) is 4.57. The van der Waals surface area contributed by atoms with Crippen LogP contribution in [0.5, 0.6) is 0 Å². The van der Waals surface area contributed by atoms with E-state index in [1.54, 1.807) is 0 Å². The molecule has 9 heteroatoms. The lowest BCUT2D eigenvalue weighted by atomic mass is 10.3. The Morgan fingerprint density at radius 1 is 1.32 bits per heavy atom. The molecule has 0 saturated heterocycles. The molecule has 2 aromatic rings. The van der Waals surface area contributed by atoms with Gasteiger partial charge in [0.2, 0.25) is 5.95 Å². The molecular weight excluding hydrogens is 279 g/mol. The highest BCUT2D eigenvalue weighted by Crippen LogP contribution is 2.29. The lowest BCUT2D eigenvalue weighted by molar-refractivity contribution is -0.141. The van der Waals surface area contributed by atoms with Gasteiger partial charge in [0.25, 0.3) is 0 Å². The quantitative estimate of drug-likeness (QED) is 0.595. The lowest BCUT2D eigenvalue weighted by Crippen LogP contribution is -2.16. The second-order valence-electron chi connectivity index (χ2n) is 3.54. The van der Waals surface area contributed by atoms with Crippen LogP contribution in [-0.2, 0) is 12.7 Å². The molecule has 2 heterocycles. The summed E-state index contributed by atoms with van der Waals surface area (Å²) in [6, 6.07) is 4.57. The first-order valence-electron chi connectivity index (χ1n) is 5.18. The van der Waals surface area contributed by atoms with Crippen LogP contribution in [0.15, 0.2) is 23.6 Å². The number of nitrogens with one attached hydrogen (secondary N) is 2. The first kappa shape index (κ1) is 13.6. The summed E-state index contributed by atoms with van der Waals surface area (Å²) in [6.45, 7) is 0.385. The number of hydrogen-bond acceptors (Lipinski definition) is 6. The zero-order valence-corrected chi connectivity index (χ0v) is 10.3. The summed E-state index contributed by atoms with van der Waals surface area (Å²) in [5, 5.41) is 4.68. The van der Waals surface area contributed by atoms with E-state index in [0.29, 0.717) is 6.54 Å². The van der Waals surface area contributed by atoms with E-state index in [-0.39, 0.29) is 11.8 Å². The van der Waals surface area contributed by atoms with E-state index < -0.39 is 11.9 Å². The minimum atomic E-state index is -4.55. The summed E-state index contributed by atoms with van der Waals surface area (Å²) in [4.78, 5) is 8.05. The fraction of sp³-hybridized carbons (Fsp3) is 0.200. The van der Waals surface area contributed by atoms with Crippen LogP contribution in [0.4, 0.5) is 24.9 Å². The van der Waals surface area contributed by atoms with Gasteiger partial charge in [-0.05, 0) is 11.4 Å². The SMILES string of the molecule is NNc1nc(NCc2cccs2)cc(C(F)(F)F)n1. The van der Waals surface area contributed by atoms with Crippen LogP contribution in [0.2, 0.25) is 0 Å². The number of nitrogen functional groups attached to an aromatic ring is 1. The standard InChI is InChI=1S/C10H10F3N5S/c11-10(12,13)7-4-8(17-9(16-7)18-14)15-5-6-2-1-3-19-6/h1-4H,5,14H2,(H2,15,16,17,18). The van der Waals surface area contributed by atoms with Gasteiger partial charge < -0.3 is 5.32 Å². The molecule has 5 nitrogen and oxygen atoms in total. The molecule has 0 unspecified atom stereocenters. The Labute approximate surface area is 110 Å². The van der Waals surface area contributed by atoms with Crippen molar-refractivity contribution in [2.24, 2.45) is 5.84 Å². The van der Waals surface area contributed by atoms with Gasteiger partial charge in [-0.3, -0.25) is 5.43 Å². The molecule has 0 fully saturated rings. The van der Waals surface area contributed by atoms with E-state index in [1.807, 2.05) is 22.9 Å². The van der Waals surface area contributed by atoms with Gasteiger partial charge >= 0.3 is 6.18 Å². The van der Waals surface area contributed by atoms with Gasteiger partial charge in [-0.1, -0.05) is 6.07 Å². The van der Waals surface area contributed by atoms with Crippen LogP contribution in [0.3, 0.4) is 0 Å². The van der Waals surface area contributed by atoms with E-state index in [1.165, 1.54) is 11.3 Å². The normalized spacial score (nSPS) is 11.4. The van der Waals surface area contributed by atoms with Gasteiger partial charge in [-0.15, -0.1) is 11.3 Å². The van der Waals surface area contributed by atoms with Crippen molar-refractivity contribution in [3.63, 3.8) is 0 Å². The van der Waals surface area contributed by atoms with E-state index in [4.69, 9.17) is 5.84 Å². The molecule has 4 N–H and O–H groups in total. The van der Waals surface area contributed by atoms with Gasteiger partial charge in [-0.25, -0.2) is 10.8 Å². The topological polar surface area (TPSA) is 75.9 Å². The molecule has 2 aromatic heterocycles. The lowest BCUT2D eigenvalue weighted by Gasteiger charge is -2.10. The van der Waals surface area contributed by atoms with Gasteiger partial charge in [0, 0.05) is 10.9 Å². The summed E-state index contributed by atoms with van der Waals surface area (Å²) < 4.78 is 37.8. The van der Waals surface area contributed by atoms with Crippen LogP contribution in [0.25, 0.3) is 0 Å².